The molecule has 2 aromatic rings. The summed E-state index contributed by atoms with van der Waals surface area (Å²) in [5.41, 5.74) is 3.66. The third-order valence-corrected chi connectivity index (χ3v) is 7.00. The maximum atomic E-state index is 12.5. The molecule has 2 aliphatic rings. The molecular formula is C26H39BN4O4. The second kappa shape index (κ2) is 8.85. The number of ether oxygens (including phenoxy) is 1. The number of carbonyl (C=O) groups excluding carboxylic acids is 1. The quantitative estimate of drug-likeness (QED) is 0.620. The highest BCUT2D eigenvalue weighted by Crippen LogP contribution is 2.37. The Bertz CT molecular complexity index is 1080. The molecule has 35 heavy (non-hydrogen) atoms. The second-order valence-electron chi connectivity index (χ2n) is 11.7. The molecule has 1 aromatic carbocycles. The first-order valence-corrected chi connectivity index (χ1v) is 12.4. The van der Waals surface area contributed by atoms with Gasteiger partial charge in [-0.1, -0.05) is 0 Å². The minimum Gasteiger partial charge on any atom is -0.444 e. The highest BCUT2D eigenvalue weighted by Gasteiger charge is 2.52. The minimum absolute atomic E-state index is 0.258. The summed E-state index contributed by atoms with van der Waals surface area (Å²) in [6.07, 6.45) is -0.258. The lowest BCUT2D eigenvalue weighted by Crippen LogP contribution is -2.50. The number of amides is 1. The fraction of sp³-hybridized carbons (Fsp3) is 0.615. The molecule has 0 N–H and O–H groups in total. The molecule has 3 heterocycles. The first-order chi connectivity index (χ1) is 16.1. The number of benzene rings is 1. The van der Waals surface area contributed by atoms with Crippen molar-refractivity contribution in [2.45, 2.75) is 79.1 Å². The average Bonchev–Trinajstić information content (AvgIpc) is 3.20. The zero-order valence-corrected chi connectivity index (χ0v) is 22.6. The van der Waals surface area contributed by atoms with Gasteiger partial charge < -0.3 is 23.8 Å². The molecule has 0 saturated carbocycles. The zero-order chi connectivity index (χ0) is 25.8. The molecule has 2 aliphatic heterocycles. The summed E-state index contributed by atoms with van der Waals surface area (Å²) in [4.78, 5) is 16.6. The first kappa shape index (κ1) is 25.6. The summed E-state index contributed by atoms with van der Waals surface area (Å²) < 4.78 is 20.3. The topological polar surface area (TPSA) is 69.1 Å². The maximum absolute atomic E-state index is 12.5. The molecule has 0 aliphatic carbocycles. The molecule has 0 radical (unpaired) electrons. The van der Waals surface area contributed by atoms with Crippen LogP contribution in [-0.2, 0) is 14.0 Å². The standard InChI is InChI=1S/C26H39BN4O4/c1-18-14-19(2)31(28-18)22-16-20(27-34-25(6,7)26(8,9)35-27)15-21(17-22)29-10-12-30(13-11-29)23(32)33-24(3,4)5/h14-17H,10-13H2,1-9H3. The van der Waals surface area contributed by atoms with E-state index in [4.69, 9.17) is 19.1 Å². The average molecular weight is 482 g/mol. The van der Waals surface area contributed by atoms with Gasteiger partial charge in [-0.25, -0.2) is 9.48 Å². The summed E-state index contributed by atoms with van der Waals surface area (Å²) >= 11 is 0. The molecule has 1 aromatic heterocycles. The number of carbonyl (C=O) groups is 1. The number of hydrogen-bond donors (Lipinski definition) is 0. The summed E-state index contributed by atoms with van der Waals surface area (Å²) in [5.74, 6) is 0. The van der Waals surface area contributed by atoms with E-state index in [1.807, 2.05) is 32.4 Å². The number of anilines is 1. The molecule has 8 nitrogen and oxygen atoms in total. The minimum atomic E-state index is -0.500. The van der Waals surface area contributed by atoms with Crippen LogP contribution in [0.4, 0.5) is 10.5 Å². The van der Waals surface area contributed by atoms with Crippen LogP contribution in [-0.4, -0.2) is 70.9 Å². The van der Waals surface area contributed by atoms with Crippen LogP contribution in [0.3, 0.4) is 0 Å². The largest absolute Gasteiger partial charge is 0.494 e. The SMILES string of the molecule is Cc1cc(C)n(-c2cc(B3OC(C)(C)C(C)(C)O3)cc(N3CCN(C(=O)OC(C)(C)C)CC3)c2)n1. The van der Waals surface area contributed by atoms with Gasteiger partial charge in [-0.05, 0) is 92.0 Å². The third kappa shape index (κ3) is 5.36. The summed E-state index contributed by atoms with van der Waals surface area (Å²) in [5, 5.41) is 4.71. The Balaban J connectivity index is 1.62. The number of aryl methyl sites for hydroxylation is 2. The predicted molar refractivity (Wildman–Crippen MR) is 139 cm³/mol. The highest BCUT2D eigenvalue weighted by molar-refractivity contribution is 6.62. The van der Waals surface area contributed by atoms with E-state index in [1.54, 1.807) is 4.90 Å². The van der Waals surface area contributed by atoms with Crippen LogP contribution < -0.4 is 10.4 Å². The van der Waals surface area contributed by atoms with Crippen molar-refractivity contribution < 1.29 is 18.8 Å². The molecule has 2 fully saturated rings. The Labute approximate surface area is 209 Å². The molecule has 4 rings (SSSR count). The fourth-order valence-electron chi connectivity index (χ4n) is 4.40. The number of hydrogen-bond acceptors (Lipinski definition) is 6. The van der Waals surface area contributed by atoms with Crippen molar-refractivity contribution in [2.24, 2.45) is 0 Å². The second-order valence-corrected chi connectivity index (χ2v) is 11.7. The lowest BCUT2D eigenvalue weighted by molar-refractivity contribution is 0.00578. The van der Waals surface area contributed by atoms with Crippen molar-refractivity contribution in [3.63, 3.8) is 0 Å². The summed E-state index contributed by atoms with van der Waals surface area (Å²) in [6, 6.07) is 8.46. The zero-order valence-electron chi connectivity index (χ0n) is 22.6. The van der Waals surface area contributed by atoms with Crippen LogP contribution in [0.1, 0.15) is 59.9 Å². The number of piperazine rings is 1. The monoisotopic (exact) mass is 482 g/mol. The lowest BCUT2D eigenvalue weighted by Gasteiger charge is -2.37. The molecular weight excluding hydrogens is 443 g/mol. The van der Waals surface area contributed by atoms with Crippen molar-refractivity contribution in [2.75, 3.05) is 31.1 Å². The van der Waals surface area contributed by atoms with E-state index in [2.05, 4.69) is 63.8 Å². The normalized spacial score (nSPS) is 19.9. The Morgan fingerprint density at radius 1 is 0.943 bits per heavy atom. The van der Waals surface area contributed by atoms with Crippen molar-refractivity contribution in [3.8, 4) is 5.69 Å². The van der Waals surface area contributed by atoms with Crippen molar-refractivity contribution in [3.05, 3.63) is 35.7 Å². The number of rotatable bonds is 3. The number of aromatic nitrogens is 2. The lowest BCUT2D eigenvalue weighted by atomic mass is 9.78. The van der Waals surface area contributed by atoms with Gasteiger partial charge in [0.15, 0.2) is 0 Å². The van der Waals surface area contributed by atoms with E-state index < -0.39 is 23.9 Å². The summed E-state index contributed by atoms with van der Waals surface area (Å²) in [6.45, 7) is 20.6. The molecule has 0 spiro atoms. The predicted octanol–water partition coefficient (Wildman–Crippen LogP) is 3.85. The van der Waals surface area contributed by atoms with E-state index in [-0.39, 0.29) is 6.09 Å². The van der Waals surface area contributed by atoms with Gasteiger partial charge in [0.2, 0.25) is 0 Å². The summed E-state index contributed by atoms with van der Waals surface area (Å²) in [7, 11) is -0.473. The van der Waals surface area contributed by atoms with Crippen LogP contribution in [0, 0.1) is 13.8 Å². The van der Waals surface area contributed by atoms with Crippen LogP contribution >= 0.6 is 0 Å². The van der Waals surface area contributed by atoms with Crippen LogP contribution in [0.25, 0.3) is 5.69 Å². The third-order valence-electron chi connectivity index (χ3n) is 7.00. The van der Waals surface area contributed by atoms with Gasteiger partial charge in [0.25, 0.3) is 0 Å². The molecule has 190 valence electrons. The number of nitrogens with zero attached hydrogens (tertiary/aromatic N) is 4. The van der Waals surface area contributed by atoms with Gasteiger partial charge in [0.05, 0.1) is 22.6 Å². The van der Waals surface area contributed by atoms with Gasteiger partial charge >= 0.3 is 13.2 Å². The Morgan fingerprint density at radius 3 is 2.03 bits per heavy atom. The Kier molecular flexibility index (Phi) is 6.47. The van der Waals surface area contributed by atoms with Crippen molar-refractivity contribution in [1.29, 1.82) is 0 Å². The van der Waals surface area contributed by atoms with E-state index in [0.29, 0.717) is 26.2 Å². The van der Waals surface area contributed by atoms with Crippen molar-refractivity contribution >= 4 is 24.4 Å². The van der Waals surface area contributed by atoms with Crippen molar-refractivity contribution in [1.82, 2.24) is 14.7 Å². The maximum Gasteiger partial charge on any atom is 0.494 e. The van der Waals surface area contributed by atoms with E-state index in [1.165, 1.54) is 0 Å². The van der Waals surface area contributed by atoms with E-state index in [9.17, 15) is 4.79 Å². The van der Waals surface area contributed by atoms with Crippen LogP contribution in [0.5, 0.6) is 0 Å². The Morgan fingerprint density at radius 2 is 1.51 bits per heavy atom. The van der Waals surface area contributed by atoms with E-state index >= 15 is 0 Å². The van der Waals surface area contributed by atoms with Crippen LogP contribution in [0.15, 0.2) is 24.3 Å². The van der Waals surface area contributed by atoms with Gasteiger partial charge in [-0.3, -0.25) is 0 Å². The first-order valence-electron chi connectivity index (χ1n) is 12.4. The fourth-order valence-corrected chi connectivity index (χ4v) is 4.40. The van der Waals surface area contributed by atoms with Gasteiger partial charge in [-0.2, -0.15) is 5.10 Å². The molecule has 0 atom stereocenters. The molecule has 0 unspecified atom stereocenters. The van der Waals surface area contributed by atoms with Gasteiger partial charge in [0.1, 0.15) is 5.60 Å². The van der Waals surface area contributed by atoms with Gasteiger partial charge in [-0.15, -0.1) is 0 Å². The van der Waals surface area contributed by atoms with E-state index in [0.717, 1.165) is 28.2 Å². The smallest absolute Gasteiger partial charge is 0.444 e. The molecule has 1 amide bonds. The molecule has 2 saturated heterocycles. The van der Waals surface area contributed by atoms with Gasteiger partial charge in [0, 0.05) is 37.6 Å². The van der Waals surface area contributed by atoms with Crippen LogP contribution in [0.2, 0.25) is 0 Å². The Hall–Kier alpha value is -2.52. The molecule has 0 bridgehead atoms. The highest BCUT2D eigenvalue weighted by atomic mass is 16.7. The molecule has 9 heteroatoms.